The molecule has 3 rings (SSSR count). The predicted octanol–water partition coefficient (Wildman–Crippen LogP) is 4.18. The minimum Gasteiger partial charge on any atom is -0.352 e. The van der Waals surface area contributed by atoms with Gasteiger partial charge >= 0.3 is 0 Å². The van der Waals surface area contributed by atoms with Gasteiger partial charge in [0.1, 0.15) is 5.01 Å². The van der Waals surface area contributed by atoms with Gasteiger partial charge in [0.2, 0.25) is 5.13 Å². The number of rotatable bonds is 6. The van der Waals surface area contributed by atoms with Crippen LogP contribution in [0, 0.1) is 0 Å². The van der Waals surface area contributed by atoms with Gasteiger partial charge in [0.25, 0.3) is 11.8 Å². The smallest absolute Gasteiger partial charge is 0.259 e. The summed E-state index contributed by atoms with van der Waals surface area (Å²) in [6.45, 7) is 0.415. The number of hydrogen-bond donors (Lipinski definition) is 2. The molecule has 0 aliphatic rings. The molecule has 27 heavy (non-hydrogen) atoms. The Kier molecular flexibility index (Phi) is 6.54. The highest BCUT2D eigenvalue weighted by molar-refractivity contribution is 9.10. The monoisotopic (exact) mass is 464 g/mol. The Labute approximate surface area is 173 Å². The van der Waals surface area contributed by atoms with Crippen LogP contribution in [-0.4, -0.2) is 28.6 Å². The third-order valence-corrected chi connectivity index (χ3v) is 5.24. The van der Waals surface area contributed by atoms with E-state index in [2.05, 4.69) is 36.8 Å². The van der Waals surface area contributed by atoms with Crippen LogP contribution in [0.1, 0.15) is 25.7 Å². The van der Waals surface area contributed by atoms with Crippen molar-refractivity contribution >= 4 is 55.8 Å². The fourth-order valence-corrected chi connectivity index (χ4v) is 3.58. The molecule has 0 fully saturated rings. The Hall–Kier alpha value is -2.29. The van der Waals surface area contributed by atoms with Gasteiger partial charge in [-0.1, -0.05) is 57.1 Å². The summed E-state index contributed by atoms with van der Waals surface area (Å²) < 4.78 is 0.846. The van der Waals surface area contributed by atoms with Gasteiger partial charge < -0.3 is 5.32 Å². The van der Waals surface area contributed by atoms with Gasteiger partial charge in [-0.2, -0.15) is 0 Å². The van der Waals surface area contributed by atoms with Crippen molar-refractivity contribution < 1.29 is 9.59 Å². The molecular weight excluding hydrogens is 452 g/mol. The summed E-state index contributed by atoms with van der Waals surface area (Å²) in [4.78, 5) is 24.3. The van der Waals surface area contributed by atoms with Crippen molar-refractivity contribution in [2.24, 2.45) is 0 Å². The van der Waals surface area contributed by atoms with Crippen LogP contribution in [0.3, 0.4) is 0 Å². The van der Waals surface area contributed by atoms with Crippen LogP contribution >= 0.6 is 38.9 Å². The number of amides is 2. The SMILES string of the molecule is O=C(NCCc1nnc(NC(=O)c2ccccc2Cl)s1)c1cccc(Br)c1. The Morgan fingerprint density at radius 3 is 2.67 bits per heavy atom. The molecule has 0 aliphatic carbocycles. The average Bonchev–Trinajstić information content (AvgIpc) is 3.09. The molecule has 0 saturated heterocycles. The number of carbonyl (C=O) groups excluding carboxylic acids is 2. The number of hydrogen-bond acceptors (Lipinski definition) is 5. The molecule has 0 radical (unpaired) electrons. The van der Waals surface area contributed by atoms with Crippen LogP contribution in [0.15, 0.2) is 53.0 Å². The lowest BCUT2D eigenvalue weighted by molar-refractivity contribution is 0.0953. The van der Waals surface area contributed by atoms with Gasteiger partial charge in [0, 0.05) is 23.0 Å². The van der Waals surface area contributed by atoms with Gasteiger partial charge in [0.05, 0.1) is 10.6 Å². The molecule has 0 aliphatic heterocycles. The Balaban J connectivity index is 1.52. The van der Waals surface area contributed by atoms with Gasteiger partial charge in [0.15, 0.2) is 0 Å². The van der Waals surface area contributed by atoms with Crippen molar-refractivity contribution in [3.8, 4) is 0 Å². The van der Waals surface area contributed by atoms with Crippen molar-refractivity contribution in [1.29, 1.82) is 0 Å². The molecule has 0 atom stereocenters. The standard InChI is InChI=1S/C18H14BrClN4O2S/c19-12-5-3-4-11(10-12)16(25)21-9-8-15-23-24-18(27-15)22-17(26)13-6-1-2-7-14(13)20/h1-7,10H,8-9H2,(H,21,25)(H,22,24,26). The van der Waals surface area contributed by atoms with E-state index in [0.29, 0.717) is 39.3 Å². The van der Waals surface area contributed by atoms with E-state index in [1.165, 1.54) is 11.3 Å². The van der Waals surface area contributed by atoms with E-state index in [4.69, 9.17) is 11.6 Å². The molecule has 2 N–H and O–H groups in total. The summed E-state index contributed by atoms with van der Waals surface area (Å²) in [5.41, 5.74) is 0.950. The van der Waals surface area contributed by atoms with Crippen molar-refractivity contribution in [3.05, 3.63) is 74.2 Å². The van der Waals surface area contributed by atoms with Crippen molar-refractivity contribution in [2.45, 2.75) is 6.42 Å². The van der Waals surface area contributed by atoms with Crippen LogP contribution in [0.4, 0.5) is 5.13 Å². The molecule has 0 bridgehead atoms. The normalized spacial score (nSPS) is 10.4. The Bertz CT molecular complexity index is 979. The van der Waals surface area contributed by atoms with Gasteiger partial charge in [-0.25, -0.2) is 0 Å². The van der Waals surface area contributed by atoms with Gasteiger partial charge in [-0.15, -0.1) is 10.2 Å². The molecule has 3 aromatic rings. The second kappa shape index (κ2) is 9.07. The van der Waals surface area contributed by atoms with Gasteiger partial charge in [-0.05, 0) is 30.3 Å². The molecule has 2 aromatic carbocycles. The number of nitrogens with zero attached hydrogens (tertiary/aromatic N) is 2. The molecule has 0 saturated carbocycles. The number of nitrogens with one attached hydrogen (secondary N) is 2. The predicted molar refractivity (Wildman–Crippen MR) is 109 cm³/mol. The van der Waals surface area contributed by atoms with E-state index in [9.17, 15) is 9.59 Å². The topological polar surface area (TPSA) is 84.0 Å². The van der Waals surface area contributed by atoms with E-state index >= 15 is 0 Å². The molecule has 0 spiro atoms. The zero-order valence-corrected chi connectivity index (χ0v) is 17.1. The summed E-state index contributed by atoms with van der Waals surface area (Å²) in [6, 6.07) is 13.9. The minimum atomic E-state index is -0.341. The van der Waals surface area contributed by atoms with E-state index in [0.717, 1.165) is 4.47 Å². The third kappa shape index (κ3) is 5.35. The molecule has 2 amide bonds. The molecule has 6 nitrogen and oxygen atoms in total. The summed E-state index contributed by atoms with van der Waals surface area (Å²) in [7, 11) is 0. The van der Waals surface area contributed by atoms with E-state index in [-0.39, 0.29) is 11.8 Å². The summed E-state index contributed by atoms with van der Waals surface area (Å²) in [5, 5.41) is 15.0. The quantitative estimate of drug-likeness (QED) is 0.572. The van der Waals surface area contributed by atoms with Crippen LogP contribution < -0.4 is 10.6 Å². The number of halogens is 2. The molecule has 0 unspecified atom stereocenters. The fraction of sp³-hybridized carbons (Fsp3) is 0.111. The zero-order chi connectivity index (χ0) is 19.2. The molecule has 1 heterocycles. The van der Waals surface area contributed by atoms with Crippen molar-refractivity contribution in [1.82, 2.24) is 15.5 Å². The fourth-order valence-electron chi connectivity index (χ4n) is 2.23. The molecular formula is C18H14BrClN4O2S. The number of aromatic nitrogens is 2. The molecule has 138 valence electrons. The highest BCUT2D eigenvalue weighted by Gasteiger charge is 2.13. The number of carbonyl (C=O) groups is 2. The third-order valence-electron chi connectivity index (χ3n) is 3.52. The van der Waals surface area contributed by atoms with E-state index < -0.39 is 0 Å². The van der Waals surface area contributed by atoms with Crippen LogP contribution in [0.2, 0.25) is 5.02 Å². The maximum Gasteiger partial charge on any atom is 0.259 e. The Morgan fingerprint density at radius 1 is 1.07 bits per heavy atom. The highest BCUT2D eigenvalue weighted by Crippen LogP contribution is 2.20. The lowest BCUT2D eigenvalue weighted by atomic mass is 10.2. The van der Waals surface area contributed by atoms with Crippen LogP contribution in [0.25, 0.3) is 0 Å². The highest BCUT2D eigenvalue weighted by atomic mass is 79.9. The molecule has 1 aromatic heterocycles. The second-order valence-electron chi connectivity index (χ2n) is 5.45. The Morgan fingerprint density at radius 2 is 1.89 bits per heavy atom. The van der Waals surface area contributed by atoms with Crippen LogP contribution in [0.5, 0.6) is 0 Å². The first-order valence-electron chi connectivity index (χ1n) is 7.95. The summed E-state index contributed by atoms with van der Waals surface area (Å²) >= 11 is 10.6. The van der Waals surface area contributed by atoms with Crippen molar-refractivity contribution in [2.75, 3.05) is 11.9 Å². The zero-order valence-electron chi connectivity index (χ0n) is 13.9. The van der Waals surface area contributed by atoms with E-state index in [1.54, 1.807) is 42.5 Å². The minimum absolute atomic E-state index is 0.159. The first-order chi connectivity index (χ1) is 13.0. The lowest BCUT2D eigenvalue weighted by Gasteiger charge is -2.04. The molecule has 9 heteroatoms. The summed E-state index contributed by atoms with van der Waals surface area (Å²) in [5.74, 6) is -0.501. The number of anilines is 1. The lowest BCUT2D eigenvalue weighted by Crippen LogP contribution is -2.25. The van der Waals surface area contributed by atoms with Crippen LogP contribution in [-0.2, 0) is 6.42 Å². The van der Waals surface area contributed by atoms with Crippen molar-refractivity contribution in [3.63, 3.8) is 0 Å². The largest absolute Gasteiger partial charge is 0.352 e. The first kappa shape index (κ1) is 19.5. The van der Waals surface area contributed by atoms with E-state index in [1.807, 2.05) is 6.07 Å². The first-order valence-corrected chi connectivity index (χ1v) is 9.93. The maximum absolute atomic E-state index is 12.2. The average molecular weight is 466 g/mol. The maximum atomic E-state index is 12.2. The number of benzene rings is 2. The van der Waals surface area contributed by atoms with Gasteiger partial charge in [-0.3, -0.25) is 14.9 Å². The summed E-state index contributed by atoms with van der Waals surface area (Å²) in [6.07, 6.45) is 0.513. The second-order valence-corrected chi connectivity index (χ2v) is 7.84.